The minimum Gasteiger partial charge on any atom is -0.347 e. The second-order valence-electron chi connectivity index (χ2n) is 7.32. The van der Waals surface area contributed by atoms with E-state index in [2.05, 4.69) is 26.6 Å². The number of likely N-dealkylation sites (tertiary alicyclic amines) is 1. The first-order chi connectivity index (χ1) is 14.3. The number of carbonyl (C=O) groups excluding carboxylic acids is 3. The number of rotatable bonds is 5. The van der Waals surface area contributed by atoms with Crippen molar-refractivity contribution in [2.24, 2.45) is 5.92 Å². The lowest BCUT2D eigenvalue weighted by Crippen LogP contribution is -2.46. The maximum atomic E-state index is 13.1. The zero-order chi connectivity index (χ0) is 21.7. The molecule has 2 aromatic rings. The van der Waals surface area contributed by atoms with Crippen LogP contribution in [-0.4, -0.2) is 42.3 Å². The fraction of sp³-hybridized carbons (Fsp3) is 0.318. The Bertz CT molecular complexity index is 949. The third-order valence-corrected chi connectivity index (χ3v) is 5.55. The van der Waals surface area contributed by atoms with Gasteiger partial charge in [0.2, 0.25) is 11.8 Å². The molecule has 1 atom stereocenters. The molecule has 2 aromatic carbocycles. The van der Waals surface area contributed by atoms with Gasteiger partial charge in [-0.2, -0.15) is 0 Å². The van der Waals surface area contributed by atoms with Crippen LogP contribution in [0.15, 0.2) is 46.9 Å². The second-order valence-corrected chi connectivity index (χ2v) is 8.24. The summed E-state index contributed by atoms with van der Waals surface area (Å²) in [5, 5.41) is 5.44. The standard InChI is InChI=1S/C22H23BrFN3O3/c1-14-11-17(23)6-9-19(14)26-20(28)12-25-21(29)16-3-2-10-27(13-16)22(30)15-4-7-18(24)8-5-15/h4-9,11,16H,2-3,10,12-13H2,1H3,(H,25,29)(H,26,28). The highest BCUT2D eigenvalue weighted by atomic mass is 79.9. The quantitative estimate of drug-likeness (QED) is 0.694. The second kappa shape index (κ2) is 9.84. The third-order valence-electron chi connectivity index (χ3n) is 5.06. The Kier molecular flexibility index (Phi) is 7.20. The molecular weight excluding hydrogens is 453 g/mol. The molecule has 1 aliphatic heterocycles. The number of benzene rings is 2. The van der Waals surface area contributed by atoms with Crippen molar-refractivity contribution in [3.63, 3.8) is 0 Å². The van der Waals surface area contributed by atoms with Crippen molar-refractivity contribution in [3.8, 4) is 0 Å². The van der Waals surface area contributed by atoms with Gasteiger partial charge in [-0.1, -0.05) is 15.9 Å². The van der Waals surface area contributed by atoms with Gasteiger partial charge in [-0.05, 0) is 67.8 Å². The predicted octanol–water partition coefficient (Wildman–Crippen LogP) is 3.50. The van der Waals surface area contributed by atoms with E-state index in [9.17, 15) is 18.8 Å². The SMILES string of the molecule is Cc1cc(Br)ccc1NC(=O)CNC(=O)C1CCCN(C(=O)c2ccc(F)cc2)C1. The molecule has 2 N–H and O–H groups in total. The fourth-order valence-electron chi connectivity index (χ4n) is 3.42. The van der Waals surface area contributed by atoms with Gasteiger partial charge in [-0.25, -0.2) is 4.39 Å². The average molecular weight is 476 g/mol. The molecule has 6 nitrogen and oxygen atoms in total. The first kappa shape index (κ1) is 22.0. The van der Waals surface area contributed by atoms with E-state index in [1.165, 1.54) is 24.3 Å². The summed E-state index contributed by atoms with van der Waals surface area (Å²) in [4.78, 5) is 38.9. The van der Waals surface area contributed by atoms with Gasteiger partial charge in [0.25, 0.3) is 5.91 Å². The highest BCUT2D eigenvalue weighted by Gasteiger charge is 2.29. The van der Waals surface area contributed by atoms with E-state index in [1.807, 2.05) is 19.1 Å². The normalized spacial score (nSPS) is 16.1. The van der Waals surface area contributed by atoms with E-state index in [-0.39, 0.29) is 36.7 Å². The highest BCUT2D eigenvalue weighted by molar-refractivity contribution is 9.10. The summed E-state index contributed by atoms with van der Waals surface area (Å²) in [6.07, 6.45) is 1.34. The van der Waals surface area contributed by atoms with E-state index in [1.54, 1.807) is 11.0 Å². The van der Waals surface area contributed by atoms with Crippen molar-refractivity contribution in [1.82, 2.24) is 10.2 Å². The first-order valence-electron chi connectivity index (χ1n) is 9.72. The van der Waals surface area contributed by atoms with Gasteiger partial charge in [0.15, 0.2) is 0 Å². The Labute approximate surface area is 183 Å². The topological polar surface area (TPSA) is 78.5 Å². The van der Waals surface area contributed by atoms with Gasteiger partial charge in [0.1, 0.15) is 5.82 Å². The van der Waals surface area contributed by atoms with Gasteiger partial charge in [0.05, 0.1) is 12.5 Å². The minimum absolute atomic E-state index is 0.142. The molecule has 0 bridgehead atoms. The van der Waals surface area contributed by atoms with Gasteiger partial charge in [-0.15, -0.1) is 0 Å². The van der Waals surface area contributed by atoms with Crippen molar-refractivity contribution < 1.29 is 18.8 Å². The molecule has 3 amide bonds. The summed E-state index contributed by atoms with van der Waals surface area (Å²) < 4.78 is 14.0. The number of hydrogen-bond donors (Lipinski definition) is 2. The van der Waals surface area contributed by atoms with Crippen molar-refractivity contribution in [1.29, 1.82) is 0 Å². The molecule has 158 valence electrons. The van der Waals surface area contributed by atoms with Crippen LogP contribution in [0.25, 0.3) is 0 Å². The van der Waals surface area contributed by atoms with Crippen LogP contribution in [0.3, 0.4) is 0 Å². The number of piperidine rings is 1. The molecular formula is C22H23BrFN3O3. The monoisotopic (exact) mass is 475 g/mol. The highest BCUT2D eigenvalue weighted by Crippen LogP contribution is 2.21. The van der Waals surface area contributed by atoms with Gasteiger partial charge < -0.3 is 15.5 Å². The molecule has 1 fully saturated rings. The number of nitrogens with one attached hydrogen (secondary N) is 2. The van der Waals surface area contributed by atoms with Crippen LogP contribution in [0, 0.1) is 18.7 Å². The third kappa shape index (κ3) is 5.66. The van der Waals surface area contributed by atoms with Crippen LogP contribution < -0.4 is 10.6 Å². The Hall–Kier alpha value is -2.74. The Morgan fingerprint density at radius 3 is 2.60 bits per heavy atom. The van der Waals surface area contributed by atoms with E-state index in [0.29, 0.717) is 30.6 Å². The van der Waals surface area contributed by atoms with Gasteiger partial charge >= 0.3 is 0 Å². The lowest BCUT2D eigenvalue weighted by atomic mass is 9.96. The van der Waals surface area contributed by atoms with E-state index < -0.39 is 5.82 Å². The Morgan fingerprint density at radius 1 is 1.17 bits per heavy atom. The number of hydrogen-bond acceptors (Lipinski definition) is 3. The molecule has 1 unspecified atom stereocenters. The summed E-state index contributed by atoms with van der Waals surface area (Å²) in [6, 6.07) is 10.9. The van der Waals surface area contributed by atoms with Crippen LogP contribution in [0.5, 0.6) is 0 Å². The molecule has 0 spiro atoms. The number of halogens is 2. The zero-order valence-electron chi connectivity index (χ0n) is 16.6. The Balaban J connectivity index is 1.51. The number of anilines is 1. The summed E-state index contributed by atoms with van der Waals surface area (Å²) in [7, 11) is 0. The first-order valence-corrected chi connectivity index (χ1v) is 10.5. The smallest absolute Gasteiger partial charge is 0.253 e. The van der Waals surface area contributed by atoms with Crippen LogP contribution >= 0.6 is 15.9 Å². The van der Waals surface area contributed by atoms with Gasteiger partial charge in [0, 0.05) is 28.8 Å². The zero-order valence-corrected chi connectivity index (χ0v) is 18.2. The molecule has 1 aliphatic rings. The number of amides is 3. The molecule has 0 saturated carbocycles. The molecule has 0 aromatic heterocycles. The average Bonchev–Trinajstić information content (AvgIpc) is 2.74. The molecule has 8 heteroatoms. The fourth-order valence-corrected chi connectivity index (χ4v) is 3.90. The minimum atomic E-state index is -0.404. The molecule has 30 heavy (non-hydrogen) atoms. The summed E-state index contributed by atoms with van der Waals surface area (Å²) in [5.41, 5.74) is 1.99. The summed E-state index contributed by atoms with van der Waals surface area (Å²) in [5.74, 6) is -1.58. The van der Waals surface area contributed by atoms with Crippen LogP contribution in [0.2, 0.25) is 0 Å². The van der Waals surface area contributed by atoms with Crippen LogP contribution in [0.1, 0.15) is 28.8 Å². The lowest BCUT2D eigenvalue weighted by molar-refractivity contribution is -0.128. The maximum absolute atomic E-state index is 13.1. The maximum Gasteiger partial charge on any atom is 0.253 e. The van der Waals surface area contributed by atoms with Gasteiger partial charge in [-0.3, -0.25) is 14.4 Å². The Morgan fingerprint density at radius 2 is 1.90 bits per heavy atom. The summed E-state index contributed by atoms with van der Waals surface area (Å²) in [6.45, 7) is 2.56. The molecule has 1 saturated heterocycles. The molecule has 1 heterocycles. The molecule has 0 aliphatic carbocycles. The van der Waals surface area contributed by atoms with E-state index in [4.69, 9.17) is 0 Å². The van der Waals surface area contributed by atoms with Crippen molar-refractivity contribution in [2.45, 2.75) is 19.8 Å². The van der Waals surface area contributed by atoms with E-state index in [0.717, 1.165) is 10.0 Å². The van der Waals surface area contributed by atoms with Crippen molar-refractivity contribution >= 4 is 39.3 Å². The molecule has 0 radical (unpaired) electrons. The largest absolute Gasteiger partial charge is 0.347 e. The lowest BCUT2D eigenvalue weighted by Gasteiger charge is -2.32. The summed E-state index contributed by atoms with van der Waals surface area (Å²) >= 11 is 3.37. The number of aryl methyl sites for hydroxylation is 1. The predicted molar refractivity (Wildman–Crippen MR) is 116 cm³/mol. The molecule has 3 rings (SSSR count). The van der Waals surface area contributed by atoms with Crippen LogP contribution in [-0.2, 0) is 9.59 Å². The number of carbonyl (C=O) groups is 3. The van der Waals surface area contributed by atoms with Crippen LogP contribution in [0.4, 0.5) is 10.1 Å². The van der Waals surface area contributed by atoms with Crippen molar-refractivity contribution in [3.05, 3.63) is 63.9 Å². The number of nitrogens with zero attached hydrogens (tertiary/aromatic N) is 1. The van der Waals surface area contributed by atoms with Crippen molar-refractivity contribution in [2.75, 3.05) is 25.0 Å². The van der Waals surface area contributed by atoms with E-state index >= 15 is 0 Å².